The van der Waals surface area contributed by atoms with Crippen molar-refractivity contribution in [2.45, 2.75) is 13.0 Å². The molecule has 0 bridgehead atoms. The molecule has 3 heterocycles. The lowest BCUT2D eigenvalue weighted by atomic mass is 10.1. The van der Waals surface area contributed by atoms with Crippen LogP contribution in [0.15, 0.2) is 29.9 Å². The fourth-order valence-corrected chi connectivity index (χ4v) is 4.61. The second-order valence-electron chi connectivity index (χ2n) is 6.93. The van der Waals surface area contributed by atoms with Crippen LogP contribution in [0.25, 0.3) is 10.9 Å². The maximum Gasteiger partial charge on any atom is 0.205 e. The van der Waals surface area contributed by atoms with E-state index in [1.807, 2.05) is 17.4 Å². The van der Waals surface area contributed by atoms with Crippen LogP contribution in [0.5, 0.6) is 17.2 Å². The molecule has 0 saturated carbocycles. The fraction of sp³-hybridized carbons (Fsp3) is 0.429. The van der Waals surface area contributed by atoms with Gasteiger partial charge < -0.3 is 19.1 Å². The van der Waals surface area contributed by atoms with E-state index in [0.717, 1.165) is 55.9 Å². The molecule has 0 radical (unpaired) electrons. The van der Waals surface area contributed by atoms with Crippen LogP contribution in [0.1, 0.15) is 11.3 Å². The van der Waals surface area contributed by atoms with E-state index in [4.69, 9.17) is 14.2 Å². The molecule has 154 valence electrons. The molecule has 1 saturated heterocycles. The Morgan fingerprint density at radius 1 is 1.00 bits per heavy atom. The number of hydrogen-bond donors (Lipinski definition) is 0. The molecular weight excluding hydrogens is 388 g/mol. The second kappa shape index (κ2) is 8.84. The van der Waals surface area contributed by atoms with Crippen LogP contribution in [-0.4, -0.2) is 62.4 Å². The van der Waals surface area contributed by atoms with Gasteiger partial charge in [0, 0.05) is 37.6 Å². The number of rotatable bonds is 6. The van der Waals surface area contributed by atoms with Crippen molar-refractivity contribution in [2.75, 3.05) is 52.4 Å². The number of hydrogen-bond acceptors (Lipinski definition) is 8. The predicted octanol–water partition coefficient (Wildman–Crippen LogP) is 3.43. The molecule has 1 aliphatic rings. The molecule has 0 N–H and O–H groups in total. The van der Waals surface area contributed by atoms with E-state index in [1.165, 1.54) is 4.88 Å². The van der Waals surface area contributed by atoms with Gasteiger partial charge >= 0.3 is 0 Å². The quantitative estimate of drug-likeness (QED) is 0.612. The highest BCUT2D eigenvalue weighted by atomic mass is 32.1. The van der Waals surface area contributed by atoms with Gasteiger partial charge in [-0.2, -0.15) is 0 Å². The van der Waals surface area contributed by atoms with Gasteiger partial charge in [0.05, 0.1) is 26.7 Å². The van der Waals surface area contributed by atoms with Crippen molar-refractivity contribution in [2.24, 2.45) is 0 Å². The zero-order chi connectivity index (χ0) is 20.2. The molecule has 29 heavy (non-hydrogen) atoms. The van der Waals surface area contributed by atoms with Crippen LogP contribution >= 0.6 is 11.3 Å². The van der Waals surface area contributed by atoms with E-state index in [1.54, 1.807) is 27.7 Å². The predicted molar refractivity (Wildman–Crippen MR) is 116 cm³/mol. The number of nitrogens with zero attached hydrogens (tertiary/aromatic N) is 4. The van der Waals surface area contributed by atoms with Gasteiger partial charge in [-0.25, -0.2) is 9.97 Å². The minimum absolute atomic E-state index is 0.546. The minimum atomic E-state index is 0.546. The fourth-order valence-electron chi connectivity index (χ4n) is 3.87. The first-order chi connectivity index (χ1) is 14.2. The molecule has 1 aromatic carbocycles. The maximum absolute atomic E-state index is 5.61. The van der Waals surface area contributed by atoms with E-state index < -0.39 is 0 Å². The maximum atomic E-state index is 5.61. The van der Waals surface area contributed by atoms with Crippen molar-refractivity contribution in [3.05, 3.63) is 34.8 Å². The van der Waals surface area contributed by atoms with Crippen molar-refractivity contribution in [1.29, 1.82) is 0 Å². The molecule has 0 unspecified atom stereocenters. The molecule has 2 aromatic heterocycles. The van der Waals surface area contributed by atoms with Crippen LogP contribution in [0, 0.1) is 0 Å². The smallest absolute Gasteiger partial charge is 0.205 e. The third-order valence-electron chi connectivity index (χ3n) is 5.26. The van der Waals surface area contributed by atoms with Gasteiger partial charge in [-0.15, -0.1) is 11.3 Å². The first-order valence-corrected chi connectivity index (χ1v) is 10.6. The van der Waals surface area contributed by atoms with Gasteiger partial charge in [0.25, 0.3) is 0 Å². The number of methoxy groups -OCH3 is 3. The Morgan fingerprint density at radius 3 is 2.59 bits per heavy atom. The minimum Gasteiger partial charge on any atom is -0.493 e. The highest BCUT2D eigenvalue weighted by Gasteiger charge is 2.23. The summed E-state index contributed by atoms with van der Waals surface area (Å²) in [5, 5.41) is 3.05. The molecule has 0 amide bonds. The molecule has 3 aromatic rings. The van der Waals surface area contributed by atoms with Gasteiger partial charge in [-0.1, -0.05) is 6.07 Å². The number of anilines is 1. The summed E-state index contributed by atoms with van der Waals surface area (Å²) in [6, 6.07) is 6.27. The number of ether oxygens (including phenoxy) is 3. The summed E-state index contributed by atoms with van der Waals surface area (Å²) in [6.07, 6.45) is 2.68. The standard InChI is InChI=1S/C21H26N4O3S/c1-26-17-12-16-18(20(28-3)19(17)27-2)22-14-23-21(16)25-8-5-7-24(9-10-25)13-15-6-4-11-29-15/h4,6,11-12,14H,5,7-10,13H2,1-3H3. The van der Waals surface area contributed by atoms with E-state index in [9.17, 15) is 0 Å². The Hall–Kier alpha value is -2.58. The van der Waals surface area contributed by atoms with Crippen molar-refractivity contribution < 1.29 is 14.2 Å². The number of benzene rings is 1. The molecule has 8 heteroatoms. The zero-order valence-corrected chi connectivity index (χ0v) is 17.9. The lowest BCUT2D eigenvalue weighted by Gasteiger charge is -2.24. The summed E-state index contributed by atoms with van der Waals surface area (Å²) in [4.78, 5) is 15.4. The Morgan fingerprint density at radius 2 is 1.86 bits per heavy atom. The molecule has 4 rings (SSSR count). The van der Waals surface area contributed by atoms with Gasteiger partial charge in [0.1, 0.15) is 17.7 Å². The molecule has 7 nitrogen and oxygen atoms in total. The Labute approximate surface area is 174 Å². The molecular formula is C21H26N4O3S. The summed E-state index contributed by atoms with van der Waals surface area (Å²) in [5.74, 6) is 2.64. The Bertz CT molecular complexity index is 964. The SMILES string of the molecule is COc1cc2c(N3CCCN(Cc4cccs4)CC3)ncnc2c(OC)c1OC. The van der Waals surface area contributed by atoms with Gasteiger partial charge in [-0.3, -0.25) is 4.90 Å². The average molecular weight is 415 g/mol. The Balaban J connectivity index is 1.65. The largest absolute Gasteiger partial charge is 0.493 e. The van der Waals surface area contributed by atoms with Crippen molar-refractivity contribution in [1.82, 2.24) is 14.9 Å². The molecule has 0 aliphatic carbocycles. The summed E-state index contributed by atoms with van der Waals surface area (Å²) in [7, 11) is 4.85. The van der Waals surface area contributed by atoms with Gasteiger partial charge in [0.2, 0.25) is 5.75 Å². The lowest BCUT2D eigenvalue weighted by molar-refractivity contribution is 0.288. The third-order valence-corrected chi connectivity index (χ3v) is 6.12. The Kier molecular flexibility index (Phi) is 6.01. The lowest BCUT2D eigenvalue weighted by Crippen LogP contribution is -2.31. The summed E-state index contributed by atoms with van der Waals surface area (Å²) in [6.45, 7) is 4.94. The van der Waals surface area contributed by atoms with E-state index >= 15 is 0 Å². The molecule has 0 atom stereocenters. The van der Waals surface area contributed by atoms with Gasteiger partial charge in [0.15, 0.2) is 11.5 Å². The third kappa shape index (κ3) is 3.95. The zero-order valence-electron chi connectivity index (χ0n) is 17.1. The van der Waals surface area contributed by atoms with Crippen LogP contribution < -0.4 is 19.1 Å². The first-order valence-electron chi connectivity index (χ1n) is 9.68. The first kappa shape index (κ1) is 19.7. The second-order valence-corrected chi connectivity index (χ2v) is 7.97. The number of fused-ring (bicyclic) bond motifs is 1. The summed E-state index contributed by atoms with van der Waals surface area (Å²) < 4.78 is 16.7. The van der Waals surface area contributed by atoms with Crippen LogP contribution in [-0.2, 0) is 6.54 Å². The number of aromatic nitrogens is 2. The van der Waals surface area contributed by atoms with Crippen LogP contribution in [0.4, 0.5) is 5.82 Å². The average Bonchev–Trinajstić information content (AvgIpc) is 3.16. The van der Waals surface area contributed by atoms with Gasteiger partial charge in [-0.05, 0) is 23.9 Å². The highest BCUT2D eigenvalue weighted by Crippen LogP contribution is 2.44. The highest BCUT2D eigenvalue weighted by molar-refractivity contribution is 7.09. The normalized spacial score (nSPS) is 15.3. The van der Waals surface area contributed by atoms with E-state index in [2.05, 4.69) is 37.3 Å². The van der Waals surface area contributed by atoms with Crippen molar-refractivity contribution in [3.8, 4) is 17.2 Å². The van der Waals surface area contributed by atoms with E-state index in [-0.39, 0.29) is 0 Å². The molecule has 1 fully saturated rings. The van der Waals surface area contributed by atoms with Crippen LogP contribution in [0.3, 0.4) is 0 Å². The number of thiophene rings is 1. The van der Waals surface area contributed by atoms with Crippen LogP contribution in [0.2, 0.25) is 0 Å². The van der Waals surface area contributed by atoms with Crippen molar-refractivity contribution >= 4 is 28.1 Å². The molecule has 0 spiro atoms. The monoisotopic (exact) mass is 414 g/mol. The van der Waals surface area contributed by atoms with E-state index in [0.29, 0.717) is 17.2 Å². The summed E-state index contributed by atoms with van der Waals surface area (Å²) in [5.41, 5.74) is 0.731. The van der Waals surface area contributed by atoms with Crippen molar-refractivity contribution in [3.63, 3.8) is 0 Å². The summed E-state index contributed by atoms with van der Waals surface area (Å²) >= 11 is 1.82. The molecule has 1 aliphatic heterocycles. The topological polar surface area (TPSA) is 60.0 Å².